The largest absolute Gasteiger partial charge is 0.489 e. The highest BCUT2D eigenvalue weighted by molar-refractivity contribution is 5.92. The first-order chi connectivity index (χ1) is 14.2. The molecule has 1 amide bonds. The molecule has 7 heteroatoms. The normalized spacial score (nSPS) is 10.7. The van der Waals surface area contributed by atoms with Gasteiger partial charge in [0.15, 0.2) is 5.76 Å². The number of ether oxygens (including phenoxy) is 1. The molecule has 1 N–H and O–H groups in total. The van der Waals surface area contributed by atoms with Gasteiger partial charge in [0, 0.05) is 24.5 Å². The molecule has 0 radical (unpaired) electrons. The van der Waals surface area contributed by atoms with Crippen LogP contribution in [0.25, 0.3) is 5.69 Å². The fourth-order valence-electron chi connectivity index (χ4n) is 2.86. The summed E-state index contributed by atoms with van der Waals surface area (Å²) in [7, 11) is 0. The van der Waals surface area contributed by atoms with E-state index in [1.807, 2.05) is 30.3 Å². The van der Waals surface area contributed by atoms with Gasteiger partial charge in [-0.15, -0.1) is 0 Å². The third-order valence-corrected chi connectivity index (χ3v) is 4.34. The number of nitrogens with zero attached hydrogens (tertiary/aromatic N) is 2. The number of para-hydroxylation sites is 1. The van der Waals surface area contributed by atoms with Gasteiger partial charge in [-0.05, 0) is 35.9 Å². The van der Waals surface area contributed by atoms with Gasteiger partial charge in [0.1, 0.15) is 18.2 Å². The lowest BCUT2D eigenvalue weighted by molar-refractivity contribution is 0.0919. The van der Waals surface area contributed by atoms with E-state index < -0.39 is 5.82 Å². The Labute approximate surface area is 166 Å². The maximum Gasteiger partial charge on any atom is 0.287 e. The van der Waals surface area contributed by atoms with Crippen LogP contribution in [-0.4, -0.2) is 15.5 Å². The third-order valence-electron chi connectivity index (χ3n) is 4.34. The molecule has 0 aliphatic rings. The maximum atomic E-state index is 14.3. The molecular weight excluding hydrogens is 373 g/mol. The highest BCUT2D eigenvalue weighted by Gasteiger charge is 2.16. The van der Waals surface area contributed by atoms with Crippen LogP contribution in [0, 0.1) is 5.82 Å². The van der Waals surface area contributed by atoms with Crippen molar-refractivity contribution in [1.82, 2.24) is 14.9 Å². The van der Waals surface area contributed by atoms with Gasteiger partial charge >= 0.3 is 0 Å². The molecule has 2 aromatic heterocycles. The van der Waals surface area contributed by atoms with Crippen LogP contribution in [0.4, 0.5) is 4.39 Å². The summed E-state index contributed by atoms with van der Waals surface area (Å²) in [6.45, 7) is 0.372. The second-order valence-corrected chi connectivity index (χ2v) is 6.32. The van der Waals surface area contributed by atoms with Crippen molar-refractivity contribution in [1.29, 1.82) is 0 Å². The summed E-state index contributed by atoms with van der Waals surface area (Å²) in [5.74, 6) is 0.0930. The number of furan rings is 1. The Morgan fingerprint density at radius 2 is 2.03 bits per heavy atom. The van der Waals surface area contributed by atoms with Crippen molar-refractivity contribution in [2.75, 3.05) is 0 Å². The number of hydrogen-bond donors (Lipinski definition) is 1. The monoisotopic (exact) mass is 391 g/mol. The molecule has 146 valence electrons. The van der Waals surface area contributed by atoms with Gasteiger partial charge in [-0.1, -0.05) is 24.3 Å². The molecule has 29 heavy (non-hydrogen) atoms. The Kier molecular flexibility index (Phi) is 5.38. The number of nitrogens with one attached hydrogen (secondary N) is 1. The first kappa shape index (κ1) is 18.5. The number of amides is 1. The van der Waals surface area contributed by atoms with E-state index in [0.29, 0.717) is 22.6 Å². The highest BCUT2D eigenvalue weighted by atomic mass is 19.1. The summed E-state index contributed by atoms with van der Waals surface area (Å²) in [5.41, 5.74) is 1.66. The SMILES string of the molecule is O=C(NCc1ccc(-n2ccnc2)c(F)c1)c1occc1COc1ccccc1. The van der Waals surface area contributed by atoms with Crippen molar-refractivity contribution in [3.05, 3.63) is 102 Å². The average Bonchev–Trinajstić information content (AvgIpc) is 3.43. The van der Waals surface area contributed by atoms with E-state index in [2.05, 4.69) is 10.3 Å². The van der Waals surface area contributed by atoms with E-state index >= 15 is 0 Å². The summed E-state index contributed by atoms with van der Waals surface area (Å²) in [5, 5.41) is 2.75. The zero-order valence-corrected chi connectivity index (χ0v) is 15.4. The van der Waals surface area contributed by atoms with E-state index in [-0.39, 0.29) is 24.8 Å². The third kappa shape index (κ3) is 4.35. The van der Waals surface area contributed by atoms with Crippen LogP contribution in [0.2, 0.25) is 0 Å². The van der Waals surface area contributed by atoms with Gasteiger partial charge < -0.3 is 19.0 Å². The van der Waals surface area contributed by atoms with Crippen LogP contribution in [-0.2, 0) is 13.2 Å². The number of carbonyl (C=O) groups excluding carboxylic acids is 1. The number of aromatic nitrogens is 2. The lowest BCUT2D eigenvalue weighted by atomic mass is 10.2. The second-order valence-electron chi connectivity index (χ2n) is 6.32. The molecule has 2 aromatic carbocycles. The Hall–Kier alpha value is -3.87. The minimum Gasteiger partial charge on any atom is -0.489 e. The van der Waals surface area contributed by atoms with Crippen LogP contribution in [0.3, 0.4) is 0 Å². The van der Waals surface area contributed by atoms with Gasteiger partial charge in [-0.3, -0.25) is 4.79 Å². The molecule has 2 heterocycles. The molecule has 0 bridgehead atoms. The van der Waals surface area contributed by atoms with Crippen molar-refractivity contribution in [2.24, 2.45) is 0 Å². The van der Waals surface area contributed by atoms with E-state index in [0.717, 1.165) is 0 Å². The number of halogens is 1. The maximum absolute atomic E-state index is 14.3. The van der Waals surface area contributed by atoms with Gasteiger partial charge in [0.05, 0.1) is 18.3 Å². The number of benzene rings is 2. The highest BCUT2D eigenvalue weighted by Crippen LogP contribution is 2.17. The van der Waals surface area contributed by atoms with Crippen molar-refractivity contribution in [2.45, 2.75) is 13.2 Å². The number of rotatable bonds is 7. The molecule has 0 saturated heterocycles. The van der Waals surface area contributed by atoms with Gasteiger partial charge in [-0.25, -0.2) is 9.37 Å². The van der Waals surface area contributed by atoms with Gasteiger partial charge in [-0.2, -0.15) is 0 Å². The lowest BCUT2D eigenvalue weighted by Crippen LogP contribution is -2.23. The Morgan fingerprint density at radius 1 is 1.17 bits per heavy atom. The van der Waals surface area contributed by atoms with Crippen molar-refractivity contribution >= 4 is 5.91 Å². The zero-order valence-electron chi connectivity index (χ0n) is 15.4. The number of imidazole rings is 1. The molecule has 0 saturated carbocycles. The Balaban J connectivity index is 1.38. The quantitative estimate of drug-likeness (QED) is 0.515. The van der Waals surface area contributed by atoms with Crippen LogP contribution < -0.4 is 10.1 Å². The first-order valence-corrected chi connectivity index (χ1v) is 9.00. The Morgan fingerprint density at radius 3 is 2.79 bits per heavy atom. The molecule has 4 rings (SSSR count). The fraction of sp³-hybridized carbons (Fsp3) is 0.0909. The predicted molar refractivity (Wildman–Crippen MR) is 104 cm³/mol. The molecule has 0 aliphatic heterocycles. The lowest BCUT2D eigenvalue weighted by Gasteiger charge is -2.09. The molecule has 0 atom stereocenters. The fourth-order valence-corrected chi connectivity index (χ4v) is 2.86. The van der Waals surface area contributed by atoms with Crippen LogP contribution in [0.1, 0.15) is 21.7 Å². The van der Waals surface area contributed by atoms with Crippen molar-refractivity contribution < 1.29 is 18.3 Å². The second kappa shape index (κ2) is 8.43. The predicted octanol–water partition coefficient (Wildman–Crippen LogP) is 4.11. The minimum absolute atomic E-state index is 0.166. The van der Waals surface area contributed by atoms with Crippen LogP contribution >= 0.6 is 0 Å². The van der Waals surface area contributed by atoms with Crippen LogP contribution in [0.5, 0.6) is 5.75 Å². The smallest absolute Gasteiger partial charge is 0.287 e. The van der Waals surface area contributed by atoms with E-state index in [1.54, 1.807) is 35.2 Å². The molecule has 0 fully saturated rings. The summed E-state index contributed by atoms with van der Waals surface area (Å²) in [6, 6.07) is 15.8. The van der Waals surface area contributed by atoms with Crippen LogP contribution in [0.15, 0.2) is 84.0 Å². The summed E-state index contributed by atoms with van der Waals surface area (Å²) >= 11 is 0. The average molecular weight is 391 g/mol. The molecule has 6 nitrogen and oxygen atoms in total. The minimum atomic E-state index is -0.398. The molecule has 0 unspecified atom stereocenters. The summed E-state index contributed by atoms with van der Waals surface area (Å²) in [6.07, 6.45) is 6.21. The zero-order chi connectivity index (χ0) is 20.1. The number of hydrogen-bond acceptors (Lipinski definition) is 4. The standard InChI is InChI=1S/C22H18FN3O3/c23-19-12-16(6-7-20(19)26-10-9-24-15-26)13-25-22(27)21-17(8-11-28-21)14-29-18-4-2-1-3-5-18/h1-12,15H,13-14H2,(H,25,27). The molecule has 4 aromatic rings. The van der Waals surface area contributed by atoms with Crippen molar-refractivity contribution in [3.8, 4) is 11.4 Å². The molecule has 0 aliphatic carbocycles. The van der Waals surface area contributed by atoms with E-state index in [9.17, 15) is 9.18 Å². The number of carbonyl (C=O) groups is 1. The topological polar surface area (TPSA) is 69.3 Å². The van der Waals surface area contributed by atoms with Crippen molar-refractivity contribution in [3.63, 3.8) is 0 Å². The summed E-state index contributed by atoms with van der Waals surface area (Å²) in [4.78, 5) is 16.4. The Bertz CT molecular complexity index is 1090. The molecular formula is C22H18FN3O3. The van der Waals surface area contributed by atoms with Gasteiger partial charge in [0.2, 0.25) is 0 Å². The summed E-state index contributed by atoms with van der Waals surface area (Å²) < 4.78 is 26.9. The van der Waals surface area contributed by atoms with Gasteiger partial charge in [0.25, 0.3) is 5.91 Å². The molecule has 0 spiro atoms. The van der Waals surface area contributed by atoms with E-state index in [4.69, 9.17) is 9.15 Å². The van der Waals surface area contributed by atoms with E-state index in [1.165, 1.54) is 18.7 Å². The first-order valence-electron chi connectivity index (χ1n) is 9.00.